The summed E-state index contributed by atoms with van der Waals surface area (Å²) in [5.74, 6) is 2.45. The van der Waals surface area contributed by atoms with E-state index in [0.29, 0.717) is 6.54 Å². The normalized spacial score (nSPS) is 15.6. The first kappa shape index (κ1) is 22.4. The fraction of sp³-hybridized carbons (Fsp3) is 0.333. The van der Waals surface area contributed by atoms with E-state index in [1.807, 2.05) is 42.5 Å². The van der Waals surface area contributed by atoms with Crippen LogP contribution in [0.5, 0.6) is 17.2 Å². The zero-order valence-corrected chi connectivity index (χ0v) is 19.7. The third-order valence-electron chi connectivity index (χ3n) is 6.49. The van der Waals surface area contributed by atoms with Gasteiger partial charge in [-0.3, -0.25) is 4.90 Å². The number of benzene rings is 3. The smallest absolute Gasteiger partial charge is 0.142 e. The molecule has 0 radical (unpaired) electrons. The van der Waals surface area contributed by atoms with Crippen molar-refractivity contribution in [2.24, 2.45) is 0 Å². The summed E-state index contributed by atoms with van der Waals surface area (Å²) in [5.41, 5.74) is 3.16. The first-order chi connectivity index (χ1) is 16.7. The lowest BCUT2D eigenvalue weighted by molar-refractivity contribution is 0.0668. The molecular weight excluding hydrogens is 430 g/mol. The Bertz CT molecular complexity index is 1260. The van der Waals surface area contributed by atoms with Crippen molar-refractivity contribution in [3.8, 4) is 17.2 Å². The standard InChI is InChI=1S/C27H31N3O4/c1-32-20-10-11-25(33-2)24(16-20)30-14-12-29(13-15-30)17-19(31)18-34-26-9-5-8-23-27(26)21-6-3-4-7-22(21)28-23/h3-11,16,19,28,31H,12-15,17-18H2,1-2H3. The number of aromatic amines is 1. The highest BCUT2D eigenvalue weighted by atomic mass is 16.5. The third kappa shape index (κ3) is 4.49. The summed E-state index contributed by atoms with van der Waals surface area (Å²) in [4.78, 5) is 8.02. The molecular formula is C27H31N3O4. The summed E-state index contributed by atoms with van der Waals surface area (Å²) >= 11 is 0. The molecule has 2 heterocycles. The van der Waals surface area contributed by atoms with Crippen LogP contribution in [-0.4, -0.2) is 74.6 Å². The van der Waals surface area contributed by atoms with E-state index >= 15 is 0 Å². The van der Waals surface area contributed by atoms with E-state index < -0.39 is 6.10 Å². The van der Waals surface area contributed by atoms with Crippen molar-refractivity contribution in [1.82, 2.24) is 9.88 Å². The van der Waals surface area contributed by atoms with E-state index in [1.165, 1.54) is 0 Å². The minimum Gasteiger partial charge on any atom is -0.497 e. The van der Waals surface area contributed by atoms with Gasteiger partial charge in [0.25, 0.3) is 0 Å². The second-order valence-corrected chi connectivity index (χ2v) is 8.64. The highest BCUT2D eigenvalue weighted by Crippen LogP contribution is 2.34. The van der Waals surface area contributed by atoms with Crippen LogP contribution in [0.15, 0.2) is 60.7 Å². The minimum absolute atomic E-state index is 0.253. The highest BCUT2D eigenvalue weighted by Gasteiger charge is 2.22. The number of para-hydroxylation sites is 1. The monoisotopic (exact) mass is 461 g/mol. The van der Waals surface area contributed by atoms with E-state index in [4.69, 9.17) is 14.2 Å². The van der Waals surface area contributed by atoms with Crippen molar-refractivity contribution in [3.63, 3.8) is 0 Å². The Morgan fingerprint density at radius 3 is 2.47 bits per heavy atom. The summed E-state index contributed by atoms with van der Waals surface area (Å²) in [7, 11) is 3.36. The number of piperazine rings is 1. The first-order valence-electron chi connectivity index (χ1n) is 11.7. The second kappa shape index (κ2) is 9.83. The number of aliphatic hydroxyl groups excluding tert-OH is 1. The molecule has 4 aromatic rings. The molecule has 0 bridgehead atoms. The Hall–Kier alpha value is -3.42. The summed E-state index contributed by atoms with van der Waals surface area (Å²) in [5, 5.41) is 12.9. The van der Waals surface area contributed by atoms with Crippen LogP contribution in [0.3, 0.4) is 0 Å². The van der Waals surface area contributed by atoms with Crippen LogP contribution in [0.1, 0.15) is 0 Å². The lowest BCUT2D eigenvalue weighted by atomic mass is 10.1. The molecule has 0 spiro atoms. The van der Waals surface area contributed by atoms with Gasteiger partial charge in [-0.25, -0.2) is 0 Å². The summed E-state index contributed by atoms with van der Waals surface area (Å²) < 4.78 is 17.0. The van der Waals surface area contributed by atoms with Crippen LogP contribution in [0.2, 0.25) is 0 Å². The molecule has 5 rings (SSSR count). The minimum atomic E-state index is -0.571. The number of hydrogen-bond donors (Lipinski definition) is 2. The number of methoxy groups -OCH3 is 2. The first-order valence-corrected chi connectivity index (χ1v) is 11.7. The lowest BCUT2D eigenvalue weighted by Crippen LogP contribution is -2.49. The molecule has 178 valence electrons. The van der Waals surface area contributed by atoms with Gasteiger partial charge in [0.1, 0.15) is 30.0 Å². The Kier molecular flexibility index (Phi) is 6.47. The number of nitrogens with zero attached hydrogens (tertiary/aromatic N) is 2. The Balaban J connectivity index is 1.18. The van der Waals surface area contributed by atoms with Gasteiger partial charge < -0.3 is 29.2 Å². The summed E-state index contributed by atoms with van der Waals surface area (Å²) in [6.45, 7) is 4.25. The molecule has 3 aromatic carbocycles. The fourth-order valence-corrected chi connectivity index (χ4v) is 4.74. The zero-order valence-electron chi connectivity index (χ0n) is 19.7. The van der Waals surface area contributed by atoms with Gasteiger partial charge in [-0.2, -0.15) is 0 Å². The van der Waals surface area contributed by atoms with Gasteiger partial charge in [0.05, 0.1) is 25.4 Å². The van der Waals surface area contributed by atoms with E-state index in [-0.39, 0.29) is 6.61 Å². The number of nitrogens with one attached hydrogen (secondary N) is 1. The maximum absolute atomic E-state index is 10.7. The van der Waals surface area contributed by atoms with Crippen LogP contribution in [0.25, 0.3) is 21.8 Å². The van der Waals surface area contributed by atoms with Gasteiger partial charge in [0.2, 0.25) is 0 Å². The number of H-pyrrole nitrogens is 1. The topological polar surface area (TPSA) is 70.2 Å². The predicted molar refractivity (Wildman–Crippen MR) is 136 cm³/mol. The van der Waals surface area contributed by atoms with Gasteiger partial charge >= 0.3 is 0 Å². The molecule has 0 saturated carbocycles. The van der Waals surface area contributed by atoms with Gasteiger partial charge in [-0.1, -0.05) is 24.3 Å². The average molecular weight is 462 g/mol. The Morgan fingerprint density at radius 1 is 0.882 bits per heavy atom. The molecule has 1 aliphatic rings. The number of aromatic nitrogens is 1. The molecule has 1 aromatic heterocycles. The molecule has 1 fully saturated rings. The molecule has 34 heavy (non-hydrogen) atoms. The molecule has 0 aliphatic carbocycles. The van der Waals surface area contributed by atoms with Crippen molar-refractivity contribution in [1.29, 1.82) is 0 Å². The molecule has 0 amide bonds. The summed E-state index contributed by atoms with van der Waals surface area (Å²) in [6.07, 6.45) is -0.571. The van der Waals surface area contributed by atoms with E-state index in [1.54, 1.807) is 14.2 Å². The summed E-state index contributed by atoms with van der Waals surface area (Å²) in [6, 6.07) is 20.1. The molecule has 1 aliphatic heterocycles. The zero-order chi connectivity index (χ0) is 23.5. The van der Waals surface area contributed by atoms with E-state index in [0.717, 1.165) is 70.9 Å². The largest absolute Gasteiger partial charge is 0.497 e. The second-order valence-electron chi connectivity index (χ2n) is 8.64. The van der Waals surface area contributed by atoms with Crippen LogP contribution >= 0.6 is 0 Å². The van der Waals surface area contributed by atoms with Crippen LogP contribution < -0.4 is 19.1 Å². The van der Waals surface area contributed by atoms with Crippen molar-refractivity contribution in [2.75, 3.05) is 58.5 Å². The molecule has 7 heteroatoms. The SMILES string of the molecule is COc1ccc(OC)c(N2CCN(CC(O)COc3cccc4[nH]c5ccccc5c34)CC2)c1. The van der Waals surface area contributed by atoms with Crippen molar-refractivity contribution < 1.29 is 19.3 Å². The molecule has 1 unspecified atom stereocenters. The number of anilines is 1. The number of fused-ring (bicyclic) bond motifs is 3. The fourth-order valence-electron chi connectivity index (χ4n) is 4.74. The maximum atomic E-state index is 10.7. The number of ether oxygens (including phenoxy) is 3. The Morgan fingerprint density at radius 2 is 1.68 bits per heavy atom. The van der Waals surface area contributed by atoms with E-state index in [2.05, 4.69) is 33.0 Å². The third-order valence-corrected chi connectivity index (χ3v) is 6.49. The van der Waals surface area contributed by atoms with Gasteiger partial charge in [-0.15, -0.1) is 0 Å². The number of hydrogen-bond acceptors (Lipinski definition) is 6. The quantitative estimate of drug-likeness (QED) is 0.415. The van der Waals surface area contributed by atoms with Crippen molar-refractivity contribution in [3.05, 3.63) is 60.7 Å². The van der Waals surface area contributed by atoms with Crippen LogP contribution in [0.4, 0.5) is 5.69 Å². The maximum Gasteiger partial charge on any atom is 0.142 e. The van der Waals surface area contributed by atoms with E-state index in [9.17, 15) is 5.11 Å². The van der Waals surface area contributed by atoms with Crippen LogP contribution in [-0.2, 0) is 0 Å². The number of rotatable bonds is 8. The van der Waals surface area contributed by atoms with Crippen LogP contribution in [0, 0.1) is 0 Å². The molecule has 2 N–H and O–H groups in total. The molecule has 1 saturated heterocycles. The average Bonchev–Trinajstić information content (AvgIpc) is 3.27. The van der Waals surface area contributed by atoms with Crippen molar-refractivity contribution in [2.45, 2.75) is 6.10 Å². The number of β-amino-alcohol motifs (C(OH)–C–C–N with tert-alkyl or cyclic N) is 1. The van der Waals surface area contributed by atoms with Gasteiger partial charge in [0.15, 0.2) is 0 Å². The Labute approximate surface area is 199 Å². The lowest BCUT2D eigenvalue weighted by Gasteiger charge is -2.37. The molecule has 1 atom stereocenters. The van der Waals surface area contributed by atoms with Gasteiger partial charge in [-0.05, 0) is 30.3 Å². The number of aliphatic hydroxyl groups is 1. The molecule has 7 nitrogen and oxygen atoms in total. The van der Waals surface area contributed by atoms with Gasteiger partial charge in [0, 0.05) is 55.1 Å². The van der Waals surface area contributed by atoms with Crippen molar-refractivity contribution >= 4 is 27.5 Å². The predicted octanol–water partition coefficient (Wildman–Crippen LogP) is 3.90. The highest BCUT2D eigenvalue weighted by molar-refractivity contribution is 6.10.